The van der Waals surface area contributed by atoms with Crippen molar-refractivity contribution in [1.82, 2.24) is 19.9 Å². The minimum Gasteiger partial charge on any atom is -0.337 e. The van der Waals surface area contributed by atoms with Crippen LogP contribution >= 0.6 is 0 Å². The minimum atomic E-state index is 0.0133. The van der Waals surface area contributed by atoms with Gasteiger partial charge >= 0.3 is 0 Å². The Hall–Kier alpha value is -2.21. The predicted molar refractivity (Wildman–Crippen MR) is 99.7 cm³/mol. The summed E-state index contributed by atoms with van der Waals surface area (Å²) in [6, 6.07) is 11.1. The van der Waals surface area contributed by atoms with Crippen molar-refractivity contribution in [3.8, 4) is 0 Å². The first kappa shape index (κ1) is 17.2. The lowest BCUT2D eigenvalue weighted by Crippen LogP contribution is -2.29. The molecule has 0 bridgehead atoms. The third-order valence-corrected chi connectivity index (χ3v) is 5.79. The van der Waals surface area contributed by atoms with Crippen LogP contribution in [-0.2, 0) is 6.42 Å². The summed E-state index contributed by atoms with van der Waals surface area (Å²) >= 11 is 0. The topological polar surface area (TPSA) is 77.0 Å². The molecule has 0 spiro atoms. The molecule has 2 aromatic rings. The summed E-state index contributed by atoms with van der Waals surface area (Å²) < 4.78 is 1.87. The van der Waals surface area contributed by atoms with Gasteiger partial charge in [0.05, 0.1) is 12.2 Å². The Morgan fingerprint density at radius 1 is 1.12 bits per heavy atom. The average molecular weight is 353 g/mol. The van der Waals surface area contributed by atoms with Crippen molar-refractivity contribution in [2.45, 2.75) is 50.6 Å². The second-order valence-corrected chi connectivity index (χ2v) is 7.75. The molecule has 6 nitrogen and oxygen atoms in total. The maximum absolute atomic E-state index is 12.8. The fourth-order valence-electron chi connectivity index (χ4n) is 4.21. The Morgan fingerprint density at radius 3 is 2.65 bits per heavy atom. The quantitative estimate of drug-likeness (QED) is 0.916. The first-order chi connectivity index (χ1) is 12.7. The monoisotopic (exact) mass is 353 g/mol. The smallest absolute Gasteiger partial charge is 0.276 e. The highest BCUT2D eigenvalue weighted by Crippen LogP contribution is 2.27. The second kappa shape index (κ2) is 7.58. The summed E-state index contributed by atoms with van der Waals surface area (Å²) in [6.07, 6.45) is 7.97. The van der Waals surface area contributed by atoms with Gasteiger partial charge in [0.1, 0.15) is 0 Å². The van der Waals surface area contributed by atoms with Crippen LogP contribution in [0.5, 0.6) is 0 Å². The van der Waals surface area contributed by atoms with Gasteiger partial charge in [-0.15, -0.1) is 5.10 Å². The largest absolute Gasteiger partial charge is 0.337 e. The van der Waals surface area contributed by atoms with Gasteiger partial charge in [0.2, 0.25) is 0 Å². The van der Waals surface area contributed by atoms with Crippen molar-refractivity contribution in [3.63, 3.8) is 0 Å². The van der Waals surface area contributed by atoms with Gasteiger partial charge in [-0.2, -0.15) is 0 Å². The lowest BCUT2D eigenvalue weighted by atomic mass is 9.92. The predicted octanol–water partition coefficient (Wildman–Crippen LogP) is 2.43. The van der Waals surface area contributed by atoms with E-state index in [1.807, 2.05) is 21.8 Å². The highest BCUT2D eigenvalue weighted by Gasteiger charge is 2.29. The van der Waals surface area contributed by atoms with Crippen molar-refractivity contribution in [2.24, 2.45) is 11.7 Å². The van der Waals surface area contributed by atoms with Crippen LogP contribution < -0.4 is 5.73 Å². The highest BCUT2D eigenvalue weighted by molar-refractivity contribution is 5.92. The molecule has 4 rings (SSSR count). The van der Waals surface area contributed by atoms with Crippen LogP contribution in [0.15, 0.2) is 36.5 Å². The first-order valence-corrected chi connectivity index (χ1v) is 9.69. The van der Waals surface area contributed by atoms with Crippen LogP contribution in [0.1, 0.15) is 54.2 Å². The van der Waals surface area contributed by atoms with E-state index in [0.717, 1.165) is 51.6 Å². The van der Waals surface area contributed by atoms with Crippen molar-refractivity contribution in [2.75, 3.05) is 13.1 Å². The molecule has 1 atom stereocenters. The Labute approximate surface area is 154 Å². The lowest BCUT2D eigenvalue weighted by Gasteiger charge is -2.25. The SMILES string of the molecule is NC1CCC(n2cc(C(=O)N3CCC(Cc4ccccc4)C3)nn2)CC1. The summed E-state index contributed by atoms with van der Waals surface area (Å²) in [5, 5.41) is 8.38. The minimum absolute atomic E-state index is 0.0133. The first-order valence-electron chi connectivity index (χ1n) is 9.69. The standard InChI is InChI=1S/C20H27N5O/c21-17-6-8-18(9-7-17)25-14-19(22-23-25)20(26)24-11-10-16(13-24)12-15-4-2-1-3-5-15/h1-5,14,16-18H,6-13,21H2. The number of aromatic nitrogens is 3. The Morgan fingerprint density at radius 2 is 1.88 bits per heavy atom. The number of rotatable bonds is 4. The molecule has 1 saturated heterocycles. The number of carbonyl (C=O) groups excluding carboxylic acids is 1. The molecular weight excluding hydrogens is 326 g/mol. The van der Waals surface area contributed by atoms with E-state index in [1.54, 1.807) is 0 Å². The summed E-state index contributed by atoms with van der Waals surface area (Å²) in [6.45, 7) is 1.61. The maximum atomic E-state index is 12.8. The van der Waals surface area contributed by atoms with Gasteiger partial charge in [0.15, 0.2) is 5.69 Å². The molecular formula is C20H27N5O. The Kier molecular flexibility index (Phi) is 5.02. The number of carbonyl (C=O) groups is 1. The molecule has 2 heterocycles. The normalized spacial score (nSPS) is 26.2. The van der Waals surface area contributed by atoms with Gasteiger partial charge in [-0.05, 0) is 50.0 Å². The summed E-state index contributed by atoms with van der Waals surface area (Å²) in [5.41, 5.74) is 7.79. The molecule has 1 aliphatic carbocycles. The van der Waals surface area contributed by atoms with Gasteiger partial charge in [-0.25, -0.2) is 4.68 Å². The molecule has 0 radical (unpaired) electrons. The fourth-order valence-corrected chi connectivity index (χ4v) is 4.21. The molecule has 1 amide bonds. The third kappa shape index (κ3) is 3.80. The average Bonchev–Trinajstić information content (AvgIpc) is 3.33. The number of likely N-dealkylation sites (tertiary alicyclic amines) is 1. The molecule has 26 heavy (non-hydrogen) atoms. The molecule has 138 valence electrons. The Bertz CT molecular complexity index is 736. The third-order valence-electron chi connectivity index (χ3n) is 5.79. The van der Waals surface area contributed by atoms with E-state index >= 15 is 0 Å². The second-order valence-electron chi connectivity index (χ2n) is 7.75. The molecule has 1 aromatic carbocycles. The van der Waals surface area contributed by atoms with Crippen LogP contribution in [0.4, 0.5) is 0 Å². The molecule has 2 fully saturated rings. The van der Waals surface area contributed by atoms with E-state index in [-0.39, 0.29) is 5.91 Å². The van der Waals surface area contributed by atoms with Crippen LogP contribution in [0.3, 0.4) is 0 Å². The zero-order chi connectivity index (χ0) is 17.9. The van der Waals surface area contributed by atoms with Crippen molar-refractivity contribution >= 4 is 5.91 Å². The van der Waals surface area contributed by atoms with Crippen LogP contribution in [-0.4, -0.2) is 44.9 Å². The number of hydrogen-bond donors (Lipinski definition) is 1. The number of benzene rings is 1. The van der Waals surface area contributed by atoms with Gasteiger partial charge in [0, 0.05) is 19.1 Å². The van der Waals surface area contributed by atoms with Crippen molar-refractivity contribution < 1.29 is 4.79 Å². The van der Waals surface area contributed by atoms with Crippen molar-refractivity contribution in [3.05, 3.63) is 47.8 Å². The molecule has 1 aliphatic heterocycles. The molecule has 6 heteroatoms. The van der Waals surface area contributed by atoms with Crippen LogP contribution in [0, 0.1) is 5.92 Å². The van der Waals surface area contributed by atoms with E-state index < -0.39 is 0 Å². The van der Waals surface area contributed by atoms with E-state index in [0.29, 0.717) is 23.7 Å². The van der Waals surface area contributed by atoms with Gasteiger partial charge in [0.25, 0.3) is 5.91 Å². The van der Waals surface area contributed by atoms with E-state index in [4.69, 9.17) is 5.73 Å². The highest BCUT2D eigenvalue weighted by atomic mass is 16.2. The molecule has 1 aromatic heterocycles. The van der Waals surface area contributed by atoms with Gasteiger partial charge < -0.3 is 10.6 Å². The number of amides is 1. The number of hydrogen-bond acceptors (Lipinski definition) is 4. The summed E-state index contributed by atoms with van der Waals surface area (Å²) in [4.78, 5) is 14.7. The summed E-state index contributed by atoms with van der Waals surface area (Å²) in [7, 11) is 0. The van der Waals surface area contributed by atoms with E-state index in [1.165, 1.54) is 5.56 Å². The molecule has 2 aliphatic rings. The fraction of sp³-hybridized carbons (Fsp3) is 0.550. The lowest BCUT2D eigenvalue weighted by molar-refractivity contribution is 0.0781. The van der Waals surface area contributed by atoms with Crippen LogP contribution in [0.2, 0.25) is 0 Å². The Balaban J connectivity index is 1.35. The zero-order valence-electron chi connectivity index (χ0n) is 15.1. The van der Waals surface area contributed by atoms with Gasteiger partial charge in [-0.1, -0.05) is 35.5 Å². The molecule has 2 N–H and O–H groups in total. The van der Waals surface area contributed by atoms with E-state index in [2.05, 4.69) is 34.6 Å². The van der Waals surface area contributed by atoms with Gasteiger partial charge in [-0.3, -0.25) is 4.79 Å². The van der Waals surface area contributed by atoms with Crippen LogP contribution in [0.25, 0.3) is 0 Å². The zero-order valence-corrected chi connectivity index (χ0v) is 15.1. The number of nitrogens with two attached hydrogens (primary N) is 1. The molecule has 1 saturated carbocycles. The maximum Gasteiger partial charge on any atom is 0.276 e. The number of nitrogens with zero attached hydrogens (tertiary/aromatic N) is 4. The molecule has 1 unspecified atom stereocenters. The van der Waals surface area contributed by atoms with E-state index in [9.17, 15) is 4.79 Å². The van der Waals surface area contributed by atoms with Crippen molar-refractivity contribution in [1.29, 1.82) is 0 Å². The summed E-state index contributed by atoms with van der Waals surface area (Å²) in [5.74, 6) is 0.538.